The summed E-state index contributed by atoms with van der Waals surface area (Å²) in [4.78, 5) is 6.30. The van der Waals surface area contributed by atoms with Crippen molar-refractivity contribution in [1.82, 2.24) is 14.2 Å². The Bertz CT molecular complexity index is 665. The molecule has 1 aliphatic heterocycles. The van der Waals surface area contributed by atoms with E-state index in [1.165, 1.54) is 18.4 Å². The lowest BCUT2D eigenvalue weighted by atomic mass is 10.1. The van der Waals surface area contributed by atoms with Crippen LogP contribution in [0.15, 0.2) is 12.3 Å². The summed E-state index contributed by atoms with van der Waals surface area (Å²) < 4.78 is 35.9. The van der Waals surface area contributed by atoms with Gasteiger partial charge in [-0.1, -0.05) is 0 Å². The average Bonchev–Trinajstić information content (AvgIpc) is 2.85. The number of hydrogen-bond donors (Lipinski definition) is 1. The predicted molar refractivity (Wildman–Crippen MR) is 89.6 cm³/mol. The van der Waals surface area contributed by atoms with Gasteiger partial charge in [-0.25, -0.2) is 12.7 Å². The molecular weight excluding hydrogens is 334 g/mol. The van der Waals surface area contributed by atoms with E-state index in [0.717, 1.165) is 0 Å². The number of aliphatic hydroxyl groups excluding tert-OH is 1. The van der Waals surface area contributed by atoms with E-state index in [1.807, 2.05) is 4.90 Å². The molecule has 0 bridgehead atoms. The largest absolute Gasteiger partial charge is 0.493 e. The number of hydrogen-bond acceptors (Lipinski definition) is 7. The van der Waals surface area contributed by atoms with Gasteiger partial charge in [0.1, 0.15) is 5.69 Å². The first-order valence-corrected chi connectivity index (χ1v) is 9.26. The highest BCUT2D eigenvalue weighted by molar-refractivity contribution is 7.89. The average molecular weight is 359 g/mol. The molecule has 0 spiro atoms. The van der Waals surface area contributed by atoms with E-state index in [0.29, 0.717) is 36.8 Å². The lowest BCUT2D eigenvalue weighted by Crippen LogP contribution is -2.33. The van der Waals surface area contributed by atoms with E-state index < -0.39 is 16.1 Å². The van der Waals surface area contributed by atoms with Gasteiger partial charge in [-0.2, -0.15) is 0 Å². The van der Waals surface area contributed by atoms with Crippen LogP contribution >= 0.6 is 0 Å². The third kappa shape index (κ3) is 4.15. The van der Waals surface area contributed by atoms with Crippen molar-refractivity contribution in [3.05, 3.63) is 18.0 Å². The third-order valence-corrected chi connectivity index (χ3v) is 6.16. The van der Waals surface area contributed by atoms with Crippen LogP contribution in [0.1, 0.15) is 5.69 Å². The van der Waals surface area contributed by atoms with Crippen molar-refractivity contribution in [3.8, 4) is 11.5 Å². The van der Waals surface area contributed by atoms with Gasteiger partial charge in [0.2, 0.25) is 10.0 Å². The normalized spacial score (nSPS) is 22.1. The summed E-state index contributed by atoms with van der Waals surface area (Å²) in [5.74, 6) is 0.752. The zero-order chi connectivity index (χ0) is 17.9. The van der Waals surface area contributed by atoms with Crippen LogP contribution < -0.4 is 9.47 Å². The highest BCUT2D eigenvalue weighted by Gasteiger charge is 2.35. The summed E-state index contributed by atoms with van der Waals surface area (Å²) in [6.45, 7) is 1.34. The number of nitrogens with zero attached hydrogens (tertiary/aromatic N) is 3. The fourth-order valence-electron chi connectivity index (χ4n) is 2.83. The molecule has 9 heteroatoms. The smallest absolute Gasteiger partial charge is 0.214 e. The fraction of sp³-hybridized carbons (Fsp3) is 0.667. The number of β-amino-alcohol motifs (C(OH)–C–C–N with tert-alkyl or cyclic N) is 1. The quantitative estimate of drug-likeness (QED) is 0.720. The second-order valence-corrected chi connectivity index (χ2v) is 8.30. The van der Waals surface area contributed by atoms with Crippen LogP contribution in [0.5, 0.6) is 11.5 Å². The van der Waals surface area contributed by atoms with Crippen molar-refractivity contribution in [1.29, 1.82) is 0 Å². The molecule has 1 aromatic heterocycles. The minimum Gasteiger partial charge on any atom is -0.493 e. The number of likely N-dealkylation sites (tertiary alicyclic amines) is 1. The lowest BCUT2D eigenvalue weighted by molar-refractivity contribution is 0.147. The number of methoxy groups -OCH3 is 2. The lowest BCUT2D eigenvalue weighted by Gasteiger charge is -2.19. The highest BCUT2D eigenvalue weighted by atomic mass is 32.2. The first-order chi connectivity index (χ1) is 11.3. The van der Waals surface area contributed by atoms with E-state index in [9.17, 15) is 13.5 Å². The van der Waals surface area contributed by atoms with Crippen LogP contribution in [0, 0.1) is 5.92 Å². The second kappa shape index (κ2) is 7.64. The van der Waals surface area contributed by atoms with Crippen LogP contribution in [-0.2, 0) is 16.6 Å². The van der Waals surface area contributed by atoms with Gasteiger partial charge in [-0.05, 0) is 0 Å². The van der Waals surface area contributed by atoms with Gasteiger partial charge < -0.3 is 14.6 Å². The Morgan fingerprint density at radius 1 is 1.33 bits per heavy atom. The van der Waals surface area contributed by atoms with Gasteiger partial charge in [0.15, 0.2) is 11.5 Å². The molecule has 0 aromatic carbocycles. The Hall–Kier alpha value is -1.42. The van der Waals surface area contributed by atoms with Crippen LogP contribution in [-0.4, -0.2) is 81.0 Å². The first-order valence-electron chi connectivity index (χ1n) is 7.65. The maximum absolute atomic E-state index is 12.0. The topological polar surface area (TPSA) is 92.2 Å². The molecule has 2 heterocycles. The van der Waals surface area contributed by atoms with Gasteiger partial charge in [0, 0.05) is 51.9 Å². The molecule has 8 nitrogen and oxygen atoms in total. The first kappa shape index (κ1) is 18.9. The minimum absolute atomic E-state index is 0.0691. The van der Waals surface area contributed by atoms with Gasteiger partial charge in [-0.3, -0.25) is 9.88 Å². The van der Waals surface area contributed by atoms with Crippen molar-refractivity contribution in [2.24, 2.45) is 5.92 Å². The highest BCUT2D eigenvalue weighted by Crippen LogP contribution is 2.31. The molecule has 136 valence electrons. The van der Waals surface area contributed by atoms with Gasteiger partial charge in [-0.15, -0.1) is 0 Å². The van der Waals surface area contributed by atoms with Crippen molar-refractivity contribution in [2.45, 2.75) is 12.6 Å². The molecule has 0 unspecified atom stereocenters. The Labute approximate surface area is 143 Å². The molecule has 0 aliphatic carbocycles. The number of aromatic nitrogens is 1. The zero-order valence-corrected chi connectivity index (χ0v) is 15.3. The molecule has 1 saturated heterocycles. The Morgan fingerprint density at radius 2 is 2.04 bits per heavy atom. The monoisotopic (exact) mass is 359 g/mol. The van der Waals surface area contributed by atoms with Gasteiger partial charge in [0.25, 0.3) is 0 Å². The number of pyridine rings is 1. The SMILES string of the molecule is COc1ccnc(CN2C[C@@H](CS(=O)(=O)N(C)C)[C@@H](O)C2)c1OC. The Balaban J connectivity index is 2.08. The molecule has 0 amide bonds. The van der Waals surface area contributed by atoms with Gasteiger partial charge >= 0.3 is 0 Å². The summed E-state index contributed by atoms with van der Waals surface area (Å²) in [6, 6.07) is 1.72. The van der Waals surface area contributed by atoms with Crippen LogP contribution in [0.25, 0.3) is 0 Å². The standard InChI is InChI=1S/C15H25N3O5S/c1-17(2)24(20,21)10-11-7-18(9-13(11)19)8-12-15(23-4)14(22-3)5-6-16-12/h5-6,11,13,19H,7-10H2,1-4H3/t11-,13-/m0/s1. The van der Waals surface area contributed by atoms with Crippen molar-refractivity contribution < 1.29 is 23.0 Å². The maximum atomic E-state index is 12.0. The number of sulfonamides is 1. The minimum atomic E-state index is -3.35. The maximum Gasteiger partial charge on any atom is 0.214 e. The summed E-state index contributed by atoms with van der Waals surface area (Å²) in [7, 11) is 2.76. The third-order valence-electron chi connectivity index (χ3n) is 4.20. The Kier molecular flexibility index (Phi) is 6.02. The summed E-state index contributed by atoms with van der Waals surface area (Å²) in [5, 5.41) is 10.2. The molecule has 1 fully saturated rings. The summed E-state index contributed by atoms with van der Waals surface area (Å²) in [5.41, 5.74) is 0.695. The van der Waals surface area contributed by atoms with E-state index in [2.05, 4.69) is 4.98 Å². The zero-order valence-electron chi connectivity index (χ0n) is 14.5. The molecule has 0 saturated carbocycles. The predicted octanol–water partition coefficient (Wildman–Crippen LogP) is -0.217. The molecule has 1 aromatic rings. The van der Waals surface area contributed by atoms with Crippen molar-refractivity contribution >= 4 is 10.0 Å². The number of ether oxygens (including phenoxy) is 2. The van der Waals surface area contributed by atoms with Crippen LogP contribution in [0.4, 0.5) is 0 Å². The molecule has 2 atom stereocenters. The van der Waals surface area contributed by atoms with Gasteiger partial charge in [0.05, 0.1) is 26.1 Å². The number of aliphatic hydroxyl groups is 1. The fourth-order valence-corrected chi connectivity index (χ4v) is 4.00. The van der Waals surface area contributed by atoms with Crippen LogP contribution in [0.3, 0.4) is 0 Å². The molecular formula is C15H25N3O5S. The van der Waals surface area contributed by atoms with E-state index in [1.54, 1.807) is 26.5 Å². The summed E-state index contributed by atoms with van der Waals surface area (Å²) in [6.07, 6.45) is 0.952. The number of rotatable bonds is 7. The van der Waals surface area contributed by atoms with Crippen molar-refractivity contribution in [3.63, 3.8) is 0 Å². The van der Waals surface area contributed by atoms with E-state index in [-0.39, 0.29) is 11.7 Å². The second-order valence-electron chi connectivity index (χ2n) is 6.08. The molecule has 0 radical (unpaired) electrons. The van der Waals surface area contributed by atoms with E-state index >= 15 is 0 Å². The van der Waals surface area contributed by atoms with E-state index in [4.69, 9.17) is 9.47 Å². The summed E-state index contributed by atoms with van der Waals surface area (Å²) >= 11 is 0. The van der Waals surface area contributed by atoms with Crippen LogP contribution in [0.2, 0.25) is 0 Å². The Morgan fingerprint density at radius 3 is 2.62 bits per heavy atom. The molecule has 1 N–H and O–H groups in total. The molecule has 24 heavy (non-hydrogen) atoms. The van der Waals surface area contributed by atoms with Crippen molar-refractivity contribution in [2.75, 3.05) is 47.2 Å². The molecule has 1 aliphatic rings. The molecule has 2 rings (SSSR count).